The minimum atomic E-state index is -0.641. The second-order valence-electron chi connectivity index (χ2n) is 6.52. The lowest BCUT2D eigenvalue weighted by Gasteiger charge is -2.17. The molecule has 2 aromatic rings. The minimum absolute atomic E-state index is 0.0716. The van der Waals surface area contributed by atoms with Crippen LogP contribution >= 0.6 is 11.6 Å². The number of carbonyl (C=O) groups excluding carboxylic acids is 2. The molecule has 0 spiro atoms. The van der Waals surface area contributed by atoms with Gasteiger partial charge in [-0.2, -0.15) is 0 Å². The summed E-state index contributed by atoms with van der Waals surface area (Å²) in [5, 5.41) is 3.10. The summed E-state index contributed by atoms with van der Waals surface area (Å²) >= 11 is 6.02. The molecule has 1 aliphatic carbocycles. The van der Waals surface area contributed by atoms with Crippen molar-refractivity contribution in [3.8, 4) is 11.5 Å². The summed E-state index contributed by atoms with van der Waals surface area (Å²) in [6.07, 6.45) is 3.57. The molecule has 4 rings (SSSR count). The van der Waals surface area contributed by atoms with Crippen molar-refractivity contribution in [3.05, 3.63) is 52.3 Å². The zero-order valence-corrected chi connectivity index (χ0v) is 15.2. The molecule has 8 heteroatoms. The Morgan fingerprint density at radius 2 is 2.04 bits per heavy atom. The van der Waals surface area contributed by atoms with Crippen molar-refractivity contribution < 1.29 is 18.4 Å². The molecule has 1 saturated heterocycles. The average Bonchev–Trinajstić information content (AvgIpc) is 3.29. The lowest BCUT2D eigenvalue weighted by Crippen LogP contribution is -2.33. The van der Waals surface area contributed by atoms with Gasteiger partial charge in [0.2, 0.25) is 23.2 Å². The molecular weight excluding hydrogens is 373 g/mol. The SMILES string of the molecule is O=C1C(NCCN2CCCC2)=CC(=O)c2oc(-c3c(F)cccc3Cl)nc21. The number of Topliss-reactive ketones (excluding diaryl/α,β-unsaturated/α-hetero) is 1. The van der Waals surface area contributed by atoms with E-state index in [1.54, 1.807) is 0 Å². The second-order valence-corrected chi connectivity index (χ2v) is 6.93. The topological polar surface area (TPSA) is 75.4 Å². The van der Waals surface area contributed by atoms with Gasteiger partial charge >= 0.3 is 0 Å². The number of likely N-dealkylation sites (tertiary alicyclic amines) is 1. The van der Waals surface area contributed by atoms with Crippen molar-refractivity contribution >= 4 is 23.2 Å². The van der Waals surface area contributed by atoms with Gasteiger partial charge in [0.15, 0.2) is 5.69 Å². The van der Waals surface area contributed by atoms with E-state index in [1.165, 1.54) is 37.1 Å². The Hall–Kier alpha value is -2.51. The molecule has 1 aliphatic heterocycles. The summed E-state index contributed by atoms with van der Waals surface area (Å²) in [6.45, 7) is 3.44. The van der Waals surface area contributed by atoms with Crippen LogP contribution in [0.15, 0.2) is 34.4 Å². The Bertz CT molecular complexity index is 927. The summed E-state index contributed by atoms with van der Waals surface area (Å²) in [6, 6.07) is 4.14. The van der Waals surface area contributed by atoms with Gasteiger partial charge < -0.3 is 14.6 Å². The predicted octanol–water partition coefficient (Wildman–Crippen LogP) is 3.08. The first kappa shape index (κ1) is 17.9. The summed E-state index contributed by atoms with van der Waals surface area (Å²) in [5.74, 6) is -1.96. The van der Waals surface area contributed by atoms with Crippen LogP contribution < -0.4 is 5.32 Å². The third-order valence-corrected chi connectivity index (χ3v) is 5.02. The van der Waals surface area contributed by atoms with E-state index in [1.807, 2.05) is 0 Å². The quantitative estimate of drug-likeness (QED) is 0.847. The maximum absolute atomic E-state index is 14.1. The molecule has 1 aromatic heterocycles. The van der Waals surface area contributed by atoms with Crippen molar-refractivity contribution in [3.63, 3.8) is 0 Å². The predicted molar refractivity (Wildman–Crippen MR) is 97.3 cm³/mol. The molecule has 0 amide bonds. The Morgan fingerprint density at radius 3 is 2.78 bits per heavy atom. The number of oxazole rings is 1. The van der Waals surface area contributed by atoms with Crippen LogP contribution in [0.25, 0.3) is 11.5 Å². The summed E-state index contributed by atoms with van der Waals surface area (Å²) in [4.78, 5) is 31.3. The number of nitrogens with one attached hydrogen (secondary N) is 1. The summed E-state index contributed by atoms with van der Waals surface area (Å²) in [5.41, 5.74) is -0.0237. The van der Waals surface area contributed by atoms with E-state index in [0.29, 0.717) is 6.54 Å². The molecule has 0 saturated carbocycles. The first-order valence-corrected chi connectivity index (χ1v) is 9.14. The maximum Gasteiger partial charge on any atom is 0.232 e. The fourth-order valence-electron chi connectivity index (χ4n) is 3.33. The van der Waals surface area contributed by atoms with Gasteiger partial charge in [-0.1, -0.05) is 17.7 Å². The van der Waals surface area contributed by atoms with Crippen molar-refractivity contribution in [2.45, 2.75) is 12.8 Å². The van der Waals surface area contributed by atoms with Crippen molar-refractivity contribution in [2.24, 2.45) is 0 Å². The molecule has 1 aromatic carbocycles. The summed E-state index contributed by atoms with van der Waals surface area (Å²) in [7, 11) is 0. The number of halogens is 2. The number of nitrogens with zero attached hydrogens (tertiary/aromatic N) is 2. The van der Waals surface area contributed by atoms with Gasteiger partial charge in [-0.25, -0.2) is 9.37 Å². The molecule has 2 heterocycles. The smallest absolute Gasteiger partial charge is 0.232 e. The van der Waals surface area contributed by atoms with Crippen molar-refractivity contribution in [1.82, 2.24) is 15.2 Å². The fraction of sp³-hybridized carbons (Fsp3) is 0.316. The van der Waals surface area contributed by atoms with E-state index in [4.69, 9.17) is 16.0 Å². The molecule has 1 N–H and O–H groups in total. The highest BCUT2D eigenvalue weighted by Gasteiger charge is 2.33. The third-order valence-electron chi connectivity index (χ3n) is 4.70. The summed E-state index contributed by atoms with van der Waals surface area (Å²) < 4.78 is 19.5. The second kappa shape index (κ2) is 7.25. The van der Waals surface area contributed by atoms with Gasteiger partial charge in [0.05, 0.1) is 16.3 Å². The minimum Gasteiger partial charge on any atom is -0.432 e. The van der Waals surface area contributed by atoms with Crippen LogP contribution in [-0.2, 0) is 0 Å². The molecular formula is C19H17ClFN3O3. The molecule has 27 heavy (non-hydrogen) atoms. The number of carbonyl (C=O) groups is 2. The largest absolute Gasteiger partial charge is 0.432 e. The number of hydrogen-bond acceptors (Lipinski definition) is 6. The highest BCUT2D eigenvalue weighted by Crippen LogP contribution is 2.33. The monoisotopic (exact) mass is 389 g/mol. The van der Waals surface area contributed by atoms with Gasteiger partial charge in [-0.3, -0.25) is 9.59 Å². The maximum atomic E-state index is 14.1. The molecule has 0 atom stereocenters. The average molecular weight is 390 g/mol. The number of hydrogen-bond donors (Lipinski definition) is 1. The van der Waals surface area contributed by atoms with Crippen LogP contribution in [0.4, 0.5) is 4.39 Å². The van der Waals surface area contributed by atoms with Crippen LogP contribution in [-0.4, -0.2) is 47.6 Å². The van der Waals surface area contributed by atoms with E-state index < -0.39 is 17.4 Å². The highest BCUT2D eigenvalue weighted by atomic mass is 35.5. The lowest BCUT2D eigenvalue weighted by molar-refractivity contribution is 0.0960. The van der Waals surface area contributed by atoms with Gasteiger partial charge in [-0.05, 0) is 38.1 Å². The molecule has 2 aliphatic rings. The number of benzene rings is 1. The Labute approximate surface area is 160 Å². The van der Waals surface area contributed by atoms with Gasteiger partial charge in [0, 0.05) is 19.2 Å². The zero-order chi connectivity index (χ0) is 19.0. The molecule has 1 fully saturated rings. The molecule has 0 radical (unpaired) electrons. The van der Waals surface area contributed by atoms with Crippen LogP contribution in [0.2, 0.25) is 5.02 Å². The van der Waals surface area contributed by atoms with Crippen LogP contribution in [0.5, 0.6) is 0 Å². The molecule has 0 unspecified atom stereocenters. The lowest BCUT2D eigenvalue weighted by atomic mass is 10.0. The Morgan fingerprint density at radius 1 is 1.26 bits per heavy atom. The first-order chi connectivity index (χ1) is 13.0. The molecule has 6 nitrogen and oxygen atoms in total. The van der Waals surface area contributed by atoms with E-state index in [0.717, 1.165) is 19.6 Å². The number of rotatable bonds is 5. The Balaban J connectivity index is 1.55. The van der Waals surface area contributed by atoms with E-state index in [2.05, 4.69) is 15.2 Å². The van der Waals surface area contributed by atoms with Gasteiger partial charge in [0.1, 0.15) is 5.82 Å². The van der Waals surface area contributed by atoms with E-state index in [-0.39, 0.29) is 33.6 Å². The number of fused-ring (bicyclic) bond motifs is 1. The Kier molecular flexibility index (Phi) is 4.80. The van der Waals surface area contributed by atoms with Crippen molar-refractivity contribution in [1.29, 1.82) is 0 Å². The van der Waals surface area contributed by atoms with Crippen LogP contribution in [0.1, 0.15) is 33.9 Å². The van der Waals surface area contributed by atoms with Crippen LogP contribution in [0, 0.1) is 5.82 Å². The van der Waals surface area contributed by atoms with Gasteiger partial charge in [-0.15, -0.1) is 0 Å². The number of aromatic nitrogens is 1. The molecule has 140 valence electrons. The van der Waals surface area contributed by atoms with Gasteiger partial charge in [0.25, 0.3) is 0 Å². The third kappa shape index (κ3) is 3.40. The fourth-order valence-corrected chi connectivity index (χ4v) is 3.57. The normalized spacial score (nSPS) is 17.2. The standard InChI is InChI=1S/C19H17ClFN3O3/c20-11-4-3-5-12(21)15(11)19-23-16-17(26)13(10-14(25)18(16)27-19)22-6-9-24-7-1-2-8-24/h3-5,10,22H,1-2,6-9H2. The van der Waals surface area contributed by atoms with E-state index >= 15 is 0 Å². The van der Waals surface area contributed by atoms with Crippen molar-refractivity contribution in [2.75, 3.05) is 26.2 Å². The first-order valence-electron chi connectivity index (χ1n) is 8.77. The van der Waals surface area contributed by atoms with E-state index in [9.17, 15) is 14.0 Å². The highest BCUT2D eigenvalue weighted by molar-refractivity contribution is 6.33. The van der Waals surface area contributed by atoms with Crippen LogP contribution in [0.3, 0.4) is 0 Å². The molecule has 0 bridgehead atoms. The zero-order valence-electron chi connectivity index (χ0n) is 14.4. The number of ketones is 2. The number of allylic oxidation sites excluding steroid dienone is 2.